The van der Waals surface area contributed by atoms with Gasteiger partial charge in [0.15, 0.2) is 0 Å². The van der Waals surface area contributed by atoms with Gasteiger partial charge in [0.25, 0.3) is 0 Å². The second-order valence-corrected chi connectivity index (χ2v) is 3.66. The first-order valence-electron chi connectivity index (χ1n) is 4.56. The highest BCUT2D eigenvalue weighted by Gasteiger charge is 2.31. The van der Waals surface area contributed by atoms with Crippen molar-refractivity contribution in [2.75, 3.05) is 20.1 Å². The molecule has 0 radical (unpaired) electrons. The van der Waals surface area contributed by atoms with Crippen LogP contribution in [0.4, 0.5) is 0 Å². The number of carboxylic acids is 1. The van der Waals surface area contributed by atoms with Gasteiger partial charge < -0.3 is 10.0 Å². The van der Waals surface area contributed by atoms with Crippen LogP contribution >= 0.6 is 0 Å². The summed E-state index contributed by atoms with van der Waals surface area (Å²) in [4.78, 5) is 12.9. The molecule has 0 saturated carbocycles. The SMILES string of the molecule is CCC1CCN(C)CC1C(=O)O. The Kier molecular flexibility index (Phi) is 3.09. The molecule has 1 aliphatic heterocycles. The van der Waals surface area contributed by atoms with E-state index >= 15 is 0 Å². The van der Waals surface area contributed by atoms with Crippen LogP contribution in [0.2, 0.25) is 0 Å². The Hall–Kier alpha value is -0.570. The number of aliphatic carboxylic acids is 1. The molecule has 2 atom stereocenters. The maximum atomic E-state index is 10.8. The highest BCUT2D eigenvalue weighted by Crippen LogP contribution is 2.25. The first-order chi connectivity index (χ1) is 5.65. The molecule has 1 rings (SSSR count). The van der Waals surface area contributed by atoms with Gasteiger partial charge in [-0.25, -0.2) is 0 Å². The summed E-state index contributed by atoms with van der Waals surface area (Å²) in [5.41, 5.74) is 0. The zero-order chi connectivity index (χ0) is 9.14. The number of hydrogen-bond donors (Lipinski definition) is 1. The molecule has 0 aromatic heterocycles. The quantitative estimate of drug-likeness (QED) is 0.675. The minimum absolute atomic E-state index is 0.145. The number of carbonyl (C=O) groups is 1. The Morgan fingerprint density at radius 2 is 2.33 bits per heavy atom. The summed E-state index contributed by atoms with van der Waals surface area (Å²) in [7, 11) is 1.99. The van der Waals surface area contributed by atoms with Crippen molar-refractivity contribution in [3.05, 3.63) is 0 Å². The normalized spacial score (nSPS) is 31.8. The maximum absolute atomic E-state index is 10.8. The third-order valence-electron chi connectivity index (χ3n) is 2.80. The largest absolute Gasteiger partial charge is 0.481 e. The van der Waals surface area contributed by atoms with Crippen molar-refractivity contribution in [1.82, 2.24) is 4.90 Å². The summed E-state index contributed by atoms with van der Waals surface area (Å²) in [6.45, 7) is 3.84. The van der Waals surface area contributed by atoms with Crippen molar-refractivity contribution >= 4 is 5.97 Å². The lowest BCUT2D eigenvalue weighted by Gasteiger charge is -2.33. The van der Waals surface area contributed by atoms with Gasteiger partial charge in [0.1, 0.15) is 0 Å². The molecule has 1 aliphatic rings. The van der Waals surface area contributed by atoms with E-state index in [1.54, 1.807) is 0 Å². The van der Waals surface area contributed by atoms with Crippen molar-refractivity contribution in [3.8, 4) is 0 Å². The Morgan fingerprint density at radius 1 is 1.67 bits per heavy atom. The van der Waals surface area contributed by atoms with Gasteiger partial charge in [-0.1, -0.05) is 13.3 Å². The van der Waals surface area contributed by atoms with E-state index in [-0.39, 0.29) is 5.92 Å². The van der Waals surface area contributed by atoms with Gasteiger partial charge >= 0.3 is 5.97 Å². The third-order valence-corrected chi connectivity index (χ3v) is 2.80. The molecule has 1 N–H and O–H groups in total. The fourth-order valence-electron chi connectivity index (χ4n) is 1.93. The van der Waals surface area contributed by atoms with Gasteiger partial charge in [0.2, 0.25) is 0 Å². The molecule has 1 saturated heterocycles. The zero-order valence-corrected chi connectivity index (χ0v) is 7.79. The van der Waals surface area contributed by atoms with E-state index in [1.165, 1.54) is 0 Å². The van der Waals surface area contributed by atoms with Gasteiger partial charge in [0, 0.05) is 6.54 Å². The summed E-state index contributed by atoms with van der Waals surface area (Å²) in [6.07, 6.45) is 2.02. The minimum atomic E-state index is -0.631. The van der Waals surface area contributed by atoms with Crippen molar-refractivity contribution < 1.29 is 9.90 Å². The molecular formula is C9H17NO2. The Balaban J connectivity index is 2.58. The lowest BCUT2D eigenvalue weighted by Crippen LogP contribution is -2.41. The van der Waals surface area contributed by atoms with Crippen LogP contribution in [0.25, 0.3) is 0 Å². The zero-order valence-electron chi connectivity index (χ0n) is 7.79. The monoisotopic (exact) mass is 171 g/mol. The van der Waals surface area contributed by atoms with Crippen LogP contribution in [0, 0.1) is 11.8 Å². The van der Waals surface area contributed by atoms with E-state index in [0.29, 0.717) is 12.5 Å². The molecule has 0 bridgehead atoms. The smallest absolute Gasteiger partial charge is 0.308 e. The lowest BCUT2D eigenvalue weighted by molar-refractivity contribution is -0.145. The number of nitrogens with zero attached hydrogens (tertiary/aromatic N) is 1. The van der Waals surface area contributed by atoms with Crippen LogP contribution in [0.15, 0.2) is 0 Å². The number of piperidine rings is 1. The van der Waals surface area contributed by atoms with E-state index in [2.05, 4.69) is 11.8 Å². The van der Waals surface area contributed by atoms with Gasteiger partial charge in [-0.2, -0.15) is 0 Å². The van der Waals surface area contributed by atoms with E-state index in [1.807, 2.05) is 7.05 Å². The summed E-state index contributed by atoms with van der Waals surface area (Å²) in [6, 6.07) is 0. The number of rotatable bonds is 2. The second kappa shape index (κ2) is 3.90. The standard InChI is InChI=1S/C9H17NO2/c1-3-7-4-5-10(2)6-8(7)9(11)12/h7-8H,3-6H2,1-2H3,(H,11,12). The van der Waals surface area contributed by atoms with Gasteiger partial charge in [-0.15, -0.1) is 0 Å². The molecule has 0 amide bonds. The number of likely N-dealkylation sites (tertiary alicyclic amines) is 1. The average Bonchev–Trinajstić information content (AvgIpc) is 2.04. The van der Waals surface area contributed by atoms with E-state index < -0.39 is 5.97 Å². The fraction of sp³-hybridized carbons (Fsp3) is 0.889. The molecule has 0 aromatic rings. The Labute approximate surface area is 73.4 Å². The molecule has 3 heteroatoms. The number of carboxylic acid groups (broad SMARTS) is 1. The number of hydrogen-bond acceptors (Lipinski definition) is 2. The maximum Gasteiger partial charge on any atom is 0.308 e. The lowest BCUT2D eigenvalue weighted by atomic mass is 9.84. The predicted molar refractivity (Wildman–Crippen MR) is 47.0 cm³/mol. The van der Waals surface area contributed by atoms with E-state index in [9.17, 15) is 4.79 Å². The molecule has 2 unspecified atom stereocenters. The van der Waals surface area contributed by atoms with Crippen LogP contribution in [0.3, 0.4) is 0 Å². The summed E-state index contributed by atoms with van der Waals surface area (Å²) in [5, 5.41) is 8.93. The molecular weight excluding hydrogens is 154 g/mol. The van der Waals surface area contributed by atoms with Crippen molar-refractivity contribution in [1.29, 1.82) is 0 Å². The van der Waals surface area contributed by atoms with E-state index in [4.69, 9.17) is 5.11 Å². The summed E-state index contributed by atoms with van der Waals surface area (Å²) in [5.74, 6) is -0.388. The topological polar surface area (TPSA) is 40.5 Å². The highest BCUT2D eigenvalue weighted by atomic mass is 16.4. The molecule has 0 aromatic carbocycles. The molecule has 0 aliphatic carbocycles. The molecule has 70 valence electrons. The fourth-order valence-corrected chi connectivity index (χ4v) is 1.93. The van der Waals surface area contributed by atoms with Gasteiger partial charge in [-0.3, -0.25) is 4.79 Å². The molecule has 3 nitrogen and oxygen atoms in total. The summed E-state index contributed by atoms with van der Waals surface area (Å²) < 4.78 is 0. The van der Waals surface area contributed by atoms with Crippen molar-refractivity contribution in [2.24, 2.45) is 11.8 Å². The summed E-state index contributed by atoms with van der Waals surface area (Å²) >= 11 is 0. The van der Waals surface area contributed by atoms with Crippen LogP contribution in [-0.2, 0) is 4.79 Å². The second-order valence-electron chi connectivity index (χ2n) is 3.66. The first-order valence-corrected chi connectivity index (χ1v) is 4.56. The highest BCUT2D eigenvalue weighted by molar-refractivity contribution is 5.70. The van der Waals surface area contributed by atoms with Crippen LogP contribution < -0.4 is 0 Å². The van der Waals surface area contributed by atoms with Gasteiger partial charge in [0.05, 0.1) is 5.92 Å². The van der Waals surface area contributed by atoms with Crippen molar-refractivity contribution in [3.63, 3.8) is 0 Å². The van der Waals surface area contributed by atoms with Gasteiger partial charge in [-0.05, 0) is 25.9 Å². The Morgan fingerprint density at radius 3 is 2.83 bits per heavy atom. The van der Waals surface area contributed by atoms with Crippen molar-refractivity contribution in [2.45, 2.75) is 19.8 Å². The van der Waals surface area contributed by atoms with Crippen LogP contribution in [-0.4, -0.2) is 36.1 Å². The first kappa shape index (κ1) is 9.52. The molecule has 0 spiro atoms. The Bertz CT molecular complexity index is 170. The molecule has 1 heterocycles. The predicted octanol–water partition coefficient (Wildman–Crippen LogP) is 1.05. The van der Waals surface area contributed by atoms with Crippen LogP contribution in [0.1, 0.15) is 19.8 Å². The molecule has 12 heavy (non-hydrogen) atoms. The van der Waals surface area contributed by atoms with Crippen LogP contribution in [0.5, 0.6) is 0 Å². The molecule has 1 fully saturated rings. The minimum Gasteiger partial charge on any atom is -0.481 e. The van der Waals surface area contributed by atoms with E-state index in [0.717, 1.165) is 19.4 Å². The average molecular weight is 171 g/mol. The third kappa shape index (κ3) is 1.97.